The average molecular weight is 473 g/mol. The summed E-state index contributed by atoms with van der Waals surface area (Å²) in [6.07, 6.45) is 0.562. The Morgan fingerprint density at radius 1 is 1.19 bits per heavy atom. The van der Waals surface area contributed by atoms with Crippen LogP contribution in [0.5, 0.6) is 5.75 Å². The number of sulfonamides is 1. The third-order valence-electron chi connectivity index (χ3n) is 5.26. The van der Waals surface area contributed by atoms with Gasteiger partial charge in [0.1, 0.15) is 10.8 Å². The predicted octanol–water partition coefficient (Wildman–Crippen LogP) is 3.56. The molecule has 0 fully saturated rings. The van der Waals surface area contributed by atoms with E-state index in [-0.39, 0.29) is 17.2 Å². The average Bonchev–Trinajstić information content (AvgIpc) is 3.18. The molecule has 1 amide bonds. The first-order valence-electron chi connectivity index (χ1n) is 10.3. The van der Waals surface area contributed by atoms with Gasteiger partial charge in [-0.05, 0) is 55.7 Å². The molecular formula is C22H24N4O4S2. The molecular weight excluding hydrogens is 448 g/mol. The highest BCUT2D eigenvalue weighted by molar-refractivity contribution is 7.89. The van der Waals surface area contributed by atoms with Gasteiger partial charge in [0.05, 0.1) is 17.5 Å². The Bertz CT molecular complexity index is 1210. The van der Waals surface area contributed by atoms with Crippen LogP contribution in [-0.4, -0.2) is 42.0 Å². The predicted molar refractivity (Wildman–Crippen MR) is 122 cm³/mol. The summed E-state index contributed by atoms with van der Waals surface area (Å²) in [5.41, 5.74) is 1.90. The molecule has 0 bridgehead atoms. The maximum Gasteiger partial charge on any atom is 0.243 e. The summed E-state index contributed by atoms with van der Waals surface area (Å²) in [7, 11) is -3.83. The number of hydrogen-bond acceptors (Lipinski definition) is 7. The van der Waals surface area contributed by atoms with Crippen molar-refractivity contribution in [1.82, 2.24) is 14.5 Å². The molecule has 10 heteroatoms. The molecule has 0 radical (unpaired) electrons. The van der Waals surface area contributed by atoms with Crippen LogP contribution in [0, 0.1) is 6.92 Å². The van der Waals surface area contributed by atoms with Crippen LogP contribution in [0.3, 0.4) is 0 Å². The number of nitrogens with one attached hydrogen (secondary N) is 1. The van der Waals surface area contributed by atoms with Crippen molar-refractivity contribution in [2.45, 2.75) is 37.6 Å². The van der Waals surface area contributed by atoms with Gasteiger partial charge in [0.2, 0.25) is 21.1 Å². The lowest BCUT2D eigenvalue weighted by Gasteiger charge is -2.36. The summed E-state index contributed by atoms with van der Waals surface area (Å²) in [5.74, 6) is 0.300. The molecule has 8 nitrogen and oxygen atoms in total. The first kappa shape index (κ1) is 22.4. The molecule has 168 valence electrons. The van der Waals surface area contributed by atoms with E-state index in [2.05, 4.69) is 15.5 Å². The Morgan fingerprint density at radius 3 is 2.62 bits per heavy atom. The van der Waals surface area contributed by atoms with Gasteiger partial charge in [0, 0.05) is 13.0 Å². The topological polar surface area (TPSA) is 101 Å². The zero-order valence-electron chi connectivity index (χ0n) is 17.8. The molecule has 1 aromatic heterocycles. The lowest BCUT2D eigenvalue weighted by atomic mass is 9.92. The Balaban J connectivity index is 1.64. The minimum atomic E-state index is -3.83. The Kier molecular flexibility index (Phi) is 6.54. The van der Waals surface area contributed by atoms with E-state index in [1.54, 1.807) is 31.2 Å². The maximum atomic E-state index is 13.6. The van der Waals surface area contributed by atoms with E-state index in [1.165, 1.54) is 15.6 Å². The molecule has 1 aliphatic heterocycles. The van der Waals surface area contributed by atoms with Crippen molar-refractivity contribution in [3.63, 3.8) is 0 Å². The standard InChI is InChI=1S/C22H24N4O4S2/c1-3-30-17-8-10-18(11-9-17)32(28,29)26-13-12-16-6-4-5-7-19(16)20(26)14-21(27)23-22-25-24-15(2)31-22/h4-11,20H,3,12-14H2,1-2H3,(H,23,25,27). The van der Waals surface area contributed by atoms with Gasteiger partial charge in [-0.15, -0.1) is 10.2 Å². The number of ether oxygens (including phenoxy) is 1. The van der Waals surface area contributed by atoms with Crippen LogP contribution >= 0.6 is 11.3 Å². The molecule has 32 heavy (non-hydrogen) atoms. The molecule has 3 aromatic rings. The number of aromatic nitrogens is 2. The highest BCUT2D eigenvalue weighted by atomic mass is 32.2. The van der Waals surface area contributed by atoms with E-state index in [0.29, 0.717) is 30.5 Å². The quantitative estimate of drug-likeness (QED) is 0.564. The van der Waals surface area contributed by atoms with Crippen molar-refractivity contribution in [2.24, 2.45) is 0 Å². The van der Waals surface area contributed by atoms with Crippen molar-refractivity contribution in [3.05, 3.63) is 64.7 Å². The highest BCUT2D eigenvalue weighted by Gasteiger charge is 2.37. The number of rotatable bonds is 7. The third-order valence-corrected chi connectivity index (χ3v) is 7.93. The second kappa shape index (κ2) is 9.35. The van der Waals surface area contributed by atoms with E-state index >= 15 is 0 Å². The van der Waals surface area contributed by atoms with Gasteiger partial charge in [-0.2, -0.15) is 4.31 Å². The number of carbonyl (C=O) groups is 1. The summed E-state index contributed by atoms with van der Waals surface area (Å²) in [4.78, 5) is 13.0. The smallest absolute Gasteiger partial charge is 0.243 e. The minimum Gasteiger partial charge on any atom is -0.494 e. The molecule has 1 N–H and O–H groups in total. The molecule has 2 aromatic carbocycles. The second-order valence-corrected chi connectivity index (χ2v) is 10.4. The number of anilines is 1. The minimum absolute atomic E-state index is 0.0219. The fourth-order valence-corrected chi connectivity index (χ4v) is 6.04. The molecule has 0 aliphatic carbocycles. The summed E-state index contributed by atoms with van der Waals surface area (Å²) in [5, 5.41) is 11.7. The van der Waals surface area contributed by atoms with Crippen LogP contribution in [-0.2, 0) is 21.2 Å². The van der Waals surface area contributed by atoms with Gasteiger partial charge in [-0.3, -0.25) is 4.79 Å². The lowest BCUT2D eigenvalue weighted by Crippen LogP contribution is -2.41. The number of aryl methyl sites for hydroxylation is 1. The SMILES string of the molecule is CCOc1ccc(S(=O)(=O)N2CCc3ccccc3C2CC(=O)Nc2nnc(C)s2)cc1. The van der Waals surface area contributed by atoms with Gasteiger partial charge in [0.15, 0.2) is 0 Å². The normalized spacial score (nSPS) is 16.4. The number of amides is 1. The molecule has 0 saturated carbocycles. The Hall–Kier alpha value is -2.82. The fraction of sp³-hybridized carbons (Fsp3) is 0.318. The van der Waals surface area contributed by atoms with Gasteiger partial charge in [0.25, 0.3) is 0 Å². The van der Waals surface area contributed by atoms with Crippen LogP contribution in [0.1, 0.15) is 35.5 Å². The molecule has 4 rings (SSSR count). The summed E-state index contributed by atoms with van der Waals surface area (Å²) in [6, 6.07) is 13.4. The summed E-state index contributed by atoms with van der Waals surface area (Å²) < 4.78 is 34.0. The molecule has 2 heterocycles. The number of hydrogen-bond donors (Lipinski definition) is 1. The maximum absolute atomic E-state index is 13.6. The molecule has 1 aliphatic rings. The van der Waals surface area contributed by atoms with Crippen LogP contribution in [0.4, 0.5) is 5.13 Å². The zero-order chi connectivity index (χ0) is 22.7. The summed E-state index contributed by atoms with van der Waals surface area (Å²) in [6.45, 7) is 4.47. The molecule has 0 saturated heterocycles. The van der Waals surface area contributed by atoms with Gasteiger partial charge < -0.3 is 10.1 Å². The fourth-order valence-electron chi connectivity index (χ4n) is 3.83. The third kappa shape index (κ3) is 4.67. The van der Waals surface area contributed by atoms with Gasteiger partial charge in [-0.25, -0.2) is 8.42 Å². The molecule has 0 spiro atoms. The van der Waals surface area contributed by atoms with Gasteiger partial charge >= 0.3 is 0 Å². The van der Waals surface area contributed by atoms with Crippen LogP contribution in [0.15, 0.2) is 53.4 Å². The van der Waals surface area contributed by atoms with Crippen molar-refractivity contribution in [3.8, 4) is 5.75 Å². The highest BCUT2D eigenvalue weighted by Crippen LogP contribution is 2.37. The van der Waals surface area contributed by atoms with Crippen molar-refractivity contribution >= 4 is 32.4 Å². The van der Waals surface area contributed by atoms with E-state index in [9.17, 15) is 13.2 Å². The second-order valence-electron chi connectivity index (χ2n) is 7.36. The largest absolute Gasteiger partial charge is 0.494 e. The number of carbonyl (C=O) groups excluding carboxylic acids is 1. The van der Waals surface area contributed by atoms with Crippen molar-refractivity contribution in [2.75, 3.05) is 18.5 Å². The van der Waals surface area contributed by atoms with Crippen LogP contribution in [0.2, 0.25) is 0 Å². The van der Waals surface area contributed by atoms with E-state index < -0.39 is 16.1 Å². The van der Waals surface area contributed by atoms with Crippen molar-refractivity contribution < 1.29 is 17.9 Å². The zero-order valence-corrected chi connectivity index (χ0v) is 19.4. The van der Waals surface area contributed by atoms with E-state index in [0.717, 1.165) is 16.1 Å². The van der Waals surface area contributed by atoms with E-state index in [1.807, 2.05) is 31.2 Å². The first-order valence-corrected chi connectivity index (χ1v) is 12.6. The molecule has 1 unspecified atom stereocenters. The number of nitrogens with zero attached hydrogens (tertiary/aromatic N) is 3. The van der Waals surface area contributed by atoms with E-state index in [4.69, 9.17) is 4.74 Å². The first-order chi connectivity index (χ1) is 15.4. The number of benzene rings is 2. The lowest BCUT2D eigenvalue weighted by molar-refractivity contribution is -0.117. The Labute approximate surface area is 191 Å². The van der Waals surface area contributed by atoms with Crippen LogP contribution in [0.25, 0.3) is 0 Å². The van der Waals surface area contributed by atoms with Gasteiger partial charge in [-0.1, -0.05) is 35.6 Å². The number of fused-ring (bicyclic) bond motifs is 1. The monoisotopic (exact) mass is 472 g/mol. The van der Waals surface area contributed by atoms with Crippen molar-refractivity contribution in [1.29, 1.82) is 0 Å². The van der Waals surface area contributed by atoms with Crippen LogP contribution < -0.4 is 10.1 Å². The summed E-state index contributed by atoms with van der Waals surface area (Å²) >= 11 is 1.27. The Morgan fingerprint density at radius 2 is 1.94 bits per heavy atom. The molecule has 1 atom stereocenters.